The van der Waals surface area contributed by atoms with Crippen LogP contribution in [0.1, 0.15) is 13.8 Å². The van der Waals surface area contributed by atoms with Crippen LogP contribution in [0, 0.1) is 0 Å². The molecule has 1 rings (SSSR count). The van der Waals surface area contributed by atoms with E-state index in [1.807, 2.05) is 0 Å². The van der Waals surface area contributed by atoms with Crippen LogP contribution in [0.15, 0.2) is 0 Å². The van der Waals surface area contributed by atoms with Gasteiger partial charge in [0.15, 0.2) is 0 Å². The summed E-state index contributed by atoms with van der Waals surface area (Å²) in [6.07, 6.45) is 0. The van der Waals surface area contributed by atoms with E-state index in [9.17, 15) is 0 Å². The van der Waals surface area contributed by atoms with Gasteiger partial charge in [-0.2, -0.15) is 0 Å². The van der Waals surface area contributed by atoms with Gasteiger partial charge in [0.1, 0.15) is 0 Å². The summed E-state index contributed by atoms with van der Waals surface area (Å²) in [5, 5.41) is 3.44. The maximum absolute atomic E-state index is 5.12. The summed E-state index contributed by atoms with van der Waals surface area (Å²) in [4.78, 5) is 2.49. The van der Waals surface area contributed by atoms with Crippen LogP contribution in [-0.2, 0) is 4.74 Å². The monoisotopic (exact) mass is 172 g/mol. The predicted molar refractivity (Wildman–Crippen MR) is 50.4 cm³/mol. The first-order chi connectivity index (χ1) is 5.74. The van der Waals surface area contributed by atoms with Gasteiger partial charge in [-0.15, -0.1) is 0 Å². The van der Waals surface area contributed by atoms with E-state index >= 15 is 0 Å². The van der Waals surface area contributed by atoms with Crippen molar-refractivity contribution in [3.63, 3.8) is 0 Å². The Morgan fingerprint density at radius 3 is 2.92 bits per heavy atom. The van der Waals surface area contributed by atoms with Gasteiger partial charge >= 0.3 is 0 Å². The van der Waals surface area contributed by atoms with Gasteiger partial charge in [-0.25, -0.2) is 0 Å². The quantitative estimate of drug-likeness (QED) is 0.663. The first-order valence-corrected chi connectivity index (χ1v) is 4.70. The average Bonchev–Trinajstić information content (AvgIpc) is 2.05. The van der Waals surface area contributed by atoms with E-state index in [1.165, 1.54) is 0 Å². The molecule has 1 fully saturated rings. The van der Waals surface area contributed by atoms with Crippen molar-refractivity contribution in [1.82, 2.24) is 10.2 Å². The van der Waals surface area contributed by atoms with Crippen molar-refractivity contribution in [3.05, 3.63) is 0 Å². The van der Waals surface area contributed by atoms with Crippen molar-refractivity contribution in [3.8, 4) is 0 Å². The van der Waals surface area contributed by atoms with E-state index in [0.29, 0.717) is 12.1 Å². The number of piperazine rings is 1. The van der Waals surface area contributed by atoms with Crippen molar-refractivity contribution in [2.45, 2.75) is 25.9 Å². The highest BCUT2D eigenvalue weighted by Gasteiger charge is 2.20. The van der Waals surface area contributed by atoms with Crippen LogP contribution in [0.4, 0.5) is 0 Å². The van der Waals surface area contributed by atoms with E-state index in [1.54, 1.807) is 7.11 Å². The topological polar surface area (TPSA) is 24.5 Å². The summed E-state index contributed by atoms with van der Waals surface area (Å²) in [7, 11) is 1.76. The predicted octanol–water partition coefficient (Wildman–Crippen LogP) is 0.315. The Morgan fingerprint density at radius 2 is 2.33 bits per heavy atom. The molecule has 1 heterocycles. The lowest BCUT2D eigenvalue weighted by atomic mass is 10.2. The summed E-state index contributed by atoms with van der Waals surface area (Å²) in [5.41, 5.74) is 0. The van der Waals surface area contributed by atoms with Crippen LogP contribution in [-0.4, -0.2) is 50.3 Å². The lowest BCUT2D eigenvalue weighted by molar-refractivity contribution is 0.101. The molecule has 0 aromatic carbocycles. The SMILES string of the molecule is COCC1CN(C(C)C)CCN1. The van der Waals surface area contributed by atoms with Crippen LogP contribution < -0.4 is 5.32 Å². The molecule has 0 saturated carbocycles. The van der Waals surface area contributed by atoms with Gasteiger partial charge in [-0.1, -0.05) is 0 Å². The normalized spacial score (nSPS) is 26.5. The molecule has 0 amide bonds. The largest absolute Gasteiger partial charge is 0.383 e. The molecule has 3 heteroatoms. The maximum Gasteiger partial charge on any atom is 0.0628 e. The molecule has 1 aliphatic heterocycles. The number of hydrogen-bond donors (Lipinski definition) is 1. The summed E-state index contributed by atoms with van der Waals surface area (Å²) >= 11 is 0. The lowest BCUT2D eigenvalue weighted by Crippen LogP contribution is -2.54. The zero-order valence-corrected chi connectivity index (χ0v) is 8.34. The van der Waals surface area contributed by atoms with E-state index in [-0.39, 0.29) is 0 Å². The Balaban J connectivity index is 2.30. The molecule has 72 valence electrons. The molecule has 12 heavy (non-hydrogen) atoms. The van der Waals surface area contributed by atoms with Crippen molar-refractivity contribution in [1.29, 1.82) is 0 Å². The minimum absolute atomic E-state index is 0.520. The molecule has 0 bridgehead atoms. The molecule has 1 aliphatic rings. The number of methoxy groups -OCH3 is 1. The highest BCUT2D eigenvalue weighted by atomic mass is 16.5. The third kappa shape index (κ3) is 2.73. The Kier molecular flexibility index (Phi) is 3.98. The average molecular weight is 172 g/mol. The molecule has 0 aromatic heterocycles. The number of rotatable bonds is 3. The minimum Gasteiger partial charge on any atom is -0.383 e. The molecular formula is C9H20N2O. The smallest absolute Gasteiger partial charge is 0.0628 e. The van der Waals surface area contributed by atoms with Crippen LogP contribution in [0.5, 0.6) is 0 Å². The molecule has 1 unspecified atom stereocenters. The zero-order chi connectivity index (χ0) is 8.97. The number of nitrogens with zero attached hydrogens (tertiary/aromatic N) is 1. The molecule has 1 saturated heterocycles. The molecule has 0 aromatic rings. The Morgan fingerprint density at radius 1 is 1.58 bits per heavy atom. The second-order valence-electron chi connectivity index (χ2n) is 3.70. The molecule has 0 spiro atoms. The second kappa shape index (κ2) is 4.80. The Labute approximate surface area is 75.1 Å². The Hall–Kier alpha value is -0.120. The molecule has 1 N–H and O–H groups in total. The highest BCUT2D eigenvalue weighted by Crippen LogP contribution is 2.03. The first kappa shape index (κ1) is 9.96. The lowest BCUT2D eigenvalue weighted by Gasteiger charge is -2.35. The van der Waals surface area contributed by atoms with Crippen LogP contribution in [0.2, 0.25) is 0 Å². The fraction of sp³-hybridized carbons (Fsp3) is 1.00. The standard InChI is InChI=1S/C9H20N2O/c1-8(2)11-5-4-10-9(6-11)7-12-3/h8-10H,4-7H2,1-3H3. The summed E-state index contributed by atoms with van der Waals surface area (Å²) in [6, 6.07) is 1.18. The summed E-state index contributed by atoms with van der Waals surface area (Å²) < 4.78 is 5.12. The van der Waals surface area contributed by atoms with E-state index in [4.69, 9.17) is 4.74 Å². The maximum atomic E-state index is 5.12. The summed E-state index contributed by atoms with van der Waals surface area (Å²) in [5.74, 6) is 0. The van der Waals surface area contributed by atoms with Gasteiger partial charge in [0.2, 0.25) is 0 Å². The first-order valence-electron chi connectivity index (χ1n) is 4.70. The van der Waals surface area contributed by atoms with Crippen LogP contribution in [0.3, 0.4) is 0 Å². The molecule has 1 atom stereocenters. The van der Waals surface area contributed by atoms with Gasteiger partial charge in [0.25, 0.3) is 0 Å². The minimum atomic E-state index is 0.520. The third-order valence-electron chi connectivity index (χ3n) is 2.39. The van der Waals surface area contributed by atoms with Gasteiger partial charge < -0.3 is 10.1 Å². The molecule has 3 nitrogen and oxygen atoms in total. The van der Waals surface area contributed by atoms with Crippen LogP contribution >= 0.6 is 0 Å². The number of nitrogens with one attached hydrogen (secondary N) is 1. The number of hydrogen-bond acceptors (Lipinski definition) is 3. The van der Waals surface area contributed by atoms with Gasteiger partial charge in [-0.3, -0.25) is 4.90 Å². The van der Waals surface area contributed by atoms with Crippen molar-refractivity contribution in [2.24, 2.45) is 0 Å². The van der Waals surface area contributed by atoms with Crippen molar-refractivity contribution < 1.29 is 4.74 Å². The van der Waals surface area contributed by atoms with Crippen molar-refractivity contribution >= 4 is 0 Å². The van der Waals surface area contributed by atoms with E-state index in [0.717, 1.165) is 26.2 Å². The van der Waals surface area contributed by atoms with Crippen LogP contribution in [0.25, 0.3) is 0 Å². The van der Waals surface area contributed by atoms with E-state index in [2.05, 4.69) is 24.1 Å². The zero-order valence-electron chi connectivity index (χ0n) is 8.34. The van der Waals surface area contributed by atoms with Gasteiger partial charge in [0.05, 0.1) is 6.61 Å². The molecule has 0 aliphatic carbocycles. The molecule has 0 radical (unpaired) electrons. The van der Waals surface area contributed by atoms with Crippen molar-refractivity contribution in [2.75, 3.05) is 33.4 Å². The molecular weight excluding hydrogens is 152 g/mol. The fourth-order valence-electron chi connectivity index (χ4n) is 1.63. The van der Waals surface area contributed by atoms with Gasteiger partial charge in [-0.05, 0) is 13.8 Å². The van der Waals surface area contributed by atoms with Gasteiger partial charge in [0, 0.05) is 38.8 Å². The Bertz CT molecular complexity index is 126. The fourth-order valence-corrected chi connectivity index (χ4v) is 1.63. The third-order valence-corrected chi connectivity index (χ3v) is 2.39. The second-order valence-corrected chi connectivity index (χ2v) is 3.70. The van der Waals surface area contributed by atoms with E-state index < -0.39 is 0 Å². The highest BCUT2D eigenvalue weighted by molar-refractivity contribution is 4.79. The number of ether oxygens (including phenoxy) is 1. The summed E-state index contributed by atoms with van der Waals surface area (Å²) in [6.45, 7) is 8.68.